The van der Waals surface area contributed by atoms with Gasteiger partial charge in [-0.05, 0) is 12.7 Å². The Morgan fingerprint density at radius 2 is 2.41 bits per heavy atom. The predicted octanol–water partition coefficient (Wildman–Crippen LogP) is 0.870. The van der Waals surface area contributed by atoms with Crippen LogP contribution in [0, 0.1) is 0 Å². The zero-order chi connectivity index (χ0) is 14.9. The minimum Gasteiger partial charge on any atom is -0.370 e. The molecule has 2 atom stereocenters. The molecule has 2 aromatic rings. The number of hydrogen-bond donors (Lipinski definition) is 0. The molecular weight excluding hydrogens is 304 g/mol. The third-order valence-corrected chi connectivity index (χ3v) is 4.70. The minimum absolute atomic E-state index is 0.216. The van der Waals surface area contributed by atoms with Crippen molar-refractivity contribution in [3.63, 3.8) is 0 Å². The highest BCUT2D eigenvalue weighted by molar-refractivity contribution is 7.97. The SMILES string of the molecule is CSCc1noc(CN2CC[C@H]3OCc4cnnn4[C@H]3C2)n1. The molecule has 8 nitrogen and oxygen atoms in total. The number of aromatic nitrogens is 5. The van der Waals surface area contributed by atoms with E-state index in [1.54, 1.807) is 18.0 Å². The molecule has 0 saturated carbocycles. The van der Waals surface area contributed by atoms with Crippen molar-refractivity contribution in [2.75, 3.05) is 19.3 Å². The molecule has 0 aliphatic carbocycles. The van der Waals surface area contributed by atoms with E-state index in [-0.39, 0.29) is 12.1 Å². The maximum atomic E-state index is 5.92. The largest absolute Gasteiger partial charge is 0.370 e. The van der Waals surface area contributed by atoms with Gasteiger partial charge in [0.2, 0.25) is 5.89 Å². The highest BCUT2D eigenvalue weighted by atomic mass is 32.2. The van der Waals surface area contributed by atoms with Crippen molar-refractivity contribution in [1.82, 2.24) is 30.0 Å². The lowest BCUT2D eigenvalue weighted by atomic mass is 10.0. The van der Waals surface area contributed by atoms with E-state index in [0.29, 0.717) is 19.0 Å². The van der Waals surface area contributed by atoms with Crippen molar-refractivity contribution in [1.29, 1.82) is 0 Å². The molecular formula is C13H18N6O2S. The number of nitrogens with zero attached hydrogens (tertiary/aromatic N) is 6. The van der Waals surface area contributed by atoms with Gasteiger partial charge in [0.25, 0.3) is 0 Å². The van der Waals surface area contributed by atoms with E-state index in [2.05, 4.69) is 25.4 Å². The minimum atomic E-state index is 0.216. The van der Waals surface area contributed by atoms with Crippen molar-refractivity contribution in [2.24, 2.45) is 0 Å². The Morgan fingerprint density at radius 3 is 3.32 bits per heavy atom. The molecule has 2 aromatic heterocycles. The zero-order valence-electron chi connectivity index (χ0n) is 12.4. The quantitative estimate of drug-likeness (QED) is 0.820. The molecule has 0 spiro atoms. The third kappa shape index (κ3) is 2.64. The molecule has 2 aliphatic heterocycles. The number of fused-ring (bicyclic) bond motifs is 3. The molecule has 1 saturated heterocycles. The summed E-state index contributed by atoms with van der Waals surface area (Å²) in [6.07, 6.45) is 5.01. The predicted molar refractivity (Wildman–Crippen MR) is 79.0 cm³/mol. The van der Waals surface area contributed by atoms with Crippen LogP contribution in [-0.4, -0.2) is 55.5 Å². The molecule has 4 rings (SSSR count). The van der Waals surface area contributed by atoms with Crippen molar-refractivity contribution >= 4 is 11.8 Å². The van der Waals surface area contributed by atoms with Crippen LogP contribution in [0.4, 0.5) is 0 Å². The van der Waals surface area contributed by atoms with Gasteiger partial charge in [-0.2, -0.15) is 16.7 Å². The smallest absolute Gasteiger partial charge is 0.240 e. The molecule has 0 aromatic carbocycles. The Labute approximate surface area is 132 Å². The van der Waals surface area contributed by atoms with E-state index in [1.165, 1.54) is 0 Å². The first-order valence-corrected chi connectivity index (χ1v) is 8.76. The highest BCUT2D eigenvalue weighted by Gasteiger charge is 2.36. The number of piperidine rings is 1. The van der Waals surface area contributed by atoms with Crippen LogP contribution in [0.2, 0.25) is 0 Å². The van der Waals surface area contributed by atoms with Crippen molar-refractivity contribution < 1.29 is 9.26 Å². The van der Waals surface area contributed by atoms with Crippen LogP contribution in [-0.2, 0) is 23.6 Å². The first kappa shape index (κ1) is 14.2. The monoisotopic (exact) mass is 322 g/mol. The summed E-state index contributed by atoms with van der Waals surface area (Å²) >= 11 is 1.69. The Bertz CT molecular complexity index is 644. The Morgan fingerprint density at radius 1 is 1.45 bits per heavy atom. The van der Waals surface area contributed by atoms with E-state index in [9.17, 15) is 0 Å². The van der Waals surface area contributed by atoms with E-state index < -0.39 is 0 Å². The summed E-state index contributed by atoms with van der Waals surface area (Å²) in [6.45, 7) is 3.11. The van der Waals surface area contributed by atoms with Crippen LogP contribution in [0.1, 0.15) is 29.9 Å². The van der Waals surface area contributed by atoms with Gasteiger partial charge in [-0.3, -0.25) is 4.90 Å². The third-order valence-electron chi connectivity index (χ3n) is 4.16. The lowest BCUT2D eigenvalue weighted by Gasteiger charge is -2.40. The van der Waals surface area contributed by atoms with E-state index in [1.807, 2.05) is 10.9 Å². The molecule has 118 valence electrons. The average Bonchev–Trinajstić information content (AvgIpc) is 3.17. The Hall–Kier alpha value is -1.45. The van der Waals surface area contributed by atoms with Crippen molar-refractivity contribution in [2.45, 2.75) is 37.5 Å². The van der Waals surface area contributed by atoms with E-state index in [0.717, 1.165) is 36.8 Å². The highest BCUT2D eigenvalue weighted by Crippen LogP contribution is 2.30. The Balaban J connectivity index is 1.45. The summed E-state index contributed by atoms with van der Waals surface area (Å²) in [6, 6.07) is 0.216. The van der Waals surface area contributed by atoms with Crippen LogP contribution >= 0.6 is 11.8 Å². The molecule has 0 bridgehead atoms. The topological polar surface area (TPSA) is 82.1 Å². The summed E-state index contributed by atoms with van der Waals surface area (Å²) in [5.74, 6) is 2.22. The van der Waals surface area contributed by atoms with Gasteiger partial charge in [0.05, 0.1) is 42.9 Å². The summed E-state index contributed by atoms with van der Waals surface area (Å²) in [7, 11) is 0. The molecule has 0 amide bonds. The number of likely N-dealkylation sites (tertiary alicyclic amines) is 1. The maximum absolute atomic E-state index is 5.92. The van der Waals surface area contributed by atoms with Gasteiger partial charge >= 0.3 is 0 Å². The average molecular weight is 322 g/mol. The fourth-order valence-electron chi connectivity index (χ4n) is 3.12. The van der Waals surface area contributed by atoms with Crippen LogP contribution in [0.5, 0.6) is 0 Å². The summed E-state index contributed by atoms with van der Waals surface area (Å²) < 4.78 is 13.3. The lowest BCUT2D eigenvalue weighted by Crippen LogP contribution is -2.47. The second-order valence-electron chi connectivity index (χ2n) is 5.65. The first-order valence-electron chi connectivity index (χ1n) is 7.37. The maximum Gasteiger partial charge on any atom is 0.240 e. The van der Waals surface area contributed by atoms with Crippen LogP contribution in [0.25, 0.3) is 0 Å². The van der Waals surface area contributed by atoms with Gasteiger partial charge in [-0.25, -0.2) is 4.68 Å². The van der Waals surface area contributed by atoms with Gasteiger partial charge in [0.15, 0.2) is 5.82 Å². The summed E-state index contributed by atoms with van der Waals surface area (Å²) in [5.41, 5.74) is 1.04. The van der Waals surface area contributed by atoms with Gasteiger partial charge in [0, 0.05) is 13.1 Å². The second kappa shape index (κ2) is 5.98. The van der Waals surface area contributed by atoms with Crippen molar-refractivity contribution in [3.05, 3.63) is 23.6 Å². The van der Waals surface area contributed by atoms with Gasteiger partial charge in [0.1, 0.15) is 0 Å². The molecule has 0 unspecified atom stereocenters. The standard InChI is InChI=1S/C13H18N6O2S/c1-22-8-12-15-13(21-16-12)6-18-3-2-11-10(5-18)19-9(7-20-11)4-14-17-19/h4,10-11H,2-3,5-8H2,1H3/t10-,11+/m0/s1. The van der Waals surface area contributed by atoms with E-state index >= 15 is 0 Å². The molecule has 0 radical (unpaired) electrons. The van der Waals surface area contributed by atoms with Gasteiger partial charge in [-0.1, -0.05) is 10.4 Å². The van der Waals surface area contributed by atoms with Crippen LogP contribution in [0.15, 0.2) is 10.7 Å². The van der Waals surface area contributed by atoms with E-state index in [4.69, 9.17) is 9.26 Å². The molecule has 2 aliphatic rings. The number of ether oxygens (including phenoxy) is 1. The summed E-state index contributed by atoms with van der Waals surface area (Å²) in [5, 5.41) is 12.2. The fraction of sp³-hybridized carbons (Fsp3) is 0.692. The van der Waals surface area contributed by atoms with Crippen LogP contribution in [0.3, 0.4) is 0 Å². The van der Waals surface area contributed by atoms with Gasteiger partial charge < -0.3 is 9.26 Å². The summed E-state index contributed by atoms with van der Waals surface area (Å²) in [4.78, 5) is 6.74. The lowest BCUT2D eigenvalue weighted by molar-refractivity contribution is -0.0681. The fourth-order valence-corrected chi connectivity index (χ4v) is 3.50. The molecule has 1 fully saturated rings. The molecule has 22 heavy (non-hydrogen) atoms. The molecule has 0 N–H and O–H groups in total. The van der Waals surface area contributed by atoms with Gasteiger partial charge in [-0.15, -0.1) is 5.10 Å². The Kier molecular flexibility index (Phi) is 3.85. The normalized spacial score (nSPS) is 25.0. The van der Waals surface area contributed by atoms with Crippen molar-refractivity contribution in [3.8, 4) is 0 Å². The van der Waals surface area contributed by atoms with Crippen LogP contribution < -0.4 is 0 Å². The zero-order valence-corrected chi connectivity index (χ0v) is 13.2. The number of rotatable bonds is 4. The first-order chi connectivity index (χ1) is 10.8. The number of hydrogen-bond acceptors (Lipinski definition) is 8. The molecule has 4 heterocycles. The molecule has 9 heteroatoms. The second-order valence-corrected chi connectivity index (χ2v) is 6.51. The number of thioether (sulfide) groups is 1.